The van der Waals surface area contributed by atoms with E-state index in [2.05, 4.69) is 30.7 Å². The molecule has 1 aromatic rings. The van der Waals surface area contributed by atoms with Crippen molar-refractivity contribution in [2.24, 2.45) is 0 Å². The van der Waals surface area contributed by atoms with Gasteiger partial charge in [-0.25, -0.2) is 4.98 Å². The SMILES string of the molecule is C=C1OB(c2ccc(NC(C)C)nc2)OC1(C)C. The maximum Gasteiger partial charge on any atom is 0.564 e. The molecule has 0 amide bonds. The average Bonchev–Trinajstić information content (AvgIpc) is 2.54. The largest absolute Gasteiger partial charge is 0.564 e. The second-order valence-electron chi connectivity index (χ2n) is 5.28. The summed E-state index contributed by atoms with van der Waals surface area (Å²) in [5, 5.41) is 3.24. The molecule has 0 spiro atoms. The average molecular weight is 246 g/mol. The van der Waals surface area contributed by atoms with Crippen LogP contribution in [0.1, 0.15) is 27.7 Å². The molecule has 18 heavy (non-hydrogen) atoms. The molecular formula is C13H19BN2O2. The number of hydrogen-bond donors (Lipinski definition) is 1. The highest BCUT2D eigenvalue weighted by Crippen LogP contribution is 2.28. The van der Waals surface area contributed by atoms with Crippen LogP contribution in [0.4, 0.5) is 5.82 Å². The lowest BCUT2D eigenvalue weighted by molar-refractivity contribution is 0.173. The minimum atomic E-state index is -0.445. The van der Waals surface area contributed by atoms with Crippen molar-refractivity contribution in [3.05, 3.63) is 30.7 Å². The molecule has 2 rings (SSSR count). The van der Waals surface area contributed by atoms with Crippen LogP contribution < -0.4 is 10.8 Å². The van der Waals surface area contributed by atoms with Gasteiger partial charge < -0.3 is 14.6 Å². The van der Waals surface area contributed by atoms with Crippen molar-refractivity contribution >= 4 is 18.4 Å². The van der Waals surface area contributed by atoms with Crippen molar-refractivity contribution < 1.29 is 9.31 Å². The Morgan fingerprint density at radius 3 is 2.56 bits per heavy atom. The van der Waals surface area contributed by atoms with E-state index in [4.69, 9.17) is 9.31 Å². The molecule has 0 atom stereocenters. The fraction of sp³-hybridized carbons (Fsp3) is 0.462. The van der Waals surface area contributed by atoms with Crippen LogP contribution in [0, 0.1) is 0 Å². The number of nitrogens with one attached hydrogen (secondary N) is 1. The first-order valence-corrected chi connectivity index (χ1v) is 6.15. The predicted molar refractivity (Wildman–Crippen MR) is 73.8 cm³/mol. The van der Waals surface area contributed by atoms with E-state index in [1.165, 1.54) is 0 Å². The van der Waals surface area contributed by atoms with Crippen LogP contribution in [0.2, 0.25) is 0 Å². The minimum Gasteiger partial charge on any atom is -0.534 e. The Kier molecular flexibility index (Phi) is 3.35. The molecule has 1 saturated heterocycles. The van der Waals surface area contributed by atoms with Gasteiger partial charge in [-0.15, -0.1) is 0 Å². The standard InChI is InChI=1S/C13H19BN2O2/c1-9(2)16-12-7-6-11(8-15-12)14-17-10(3)13(4,5)18-14/h6-9H,3H2,1-2,4-5H3,(H,15,16). The van der Waals surface area contributed by atoms with Gasteiger partial charge in [0.1, 0.15) is 11.4 Å². The van der Waals surface area contributed by atoms with Gasteiger partial charge in [0.15, 0.2) is 0 Å². The third kappa shape index (κ3) is 2.67. The van der Waals surface area contributed by atoms with Crippen molar-refractivity contribution in [1.29, 1.82) is 0 Å². The quantitative estimate of drug-likeness (QED) is 0.827. The highest BCUT2D eigenvalue weighted by Gasteiger charge is 2.42. The van der Waals surface area contributed by atoms with Crippen LogP contribution in [0.3, 0.4) is 0 Å². The van der Waals surface area contributed by atoms with E-state index in [0.29, 0.717) is 11.8 Å². The number of anilines is 1. The zero-order valence-electron chi connectivity index (χ0n) is 11.4. The van der Waals surface area contributed by atoms with E-state index in [1.54, 1.807) is 6.20 Å². The topological polar surface area (TPSA) is 43.4 Å². The fourth-order valence-corrected chi connectivity index (χ4v) is 1.69. The Bertz CT molecular complexity index is 443. The molecule has 1 aromatic heterocycles. The van der Waals surface area contributed by atoms with E-state index in [-0.39, 0.29) is 0 Å². The molecule has 1 aliphatic rings. The summed E-state index contributed by atoms with van der Waals surface area (Å²) in [5.41, 5.74) is 0.454. The summed E-state index contributed by atoms with van der Waals surface area (Å²) >= 11 is 0. The number of pyridine rings is 1. The maximum atomic E-state index is 5.79. The molecule has 0 radical (unpaired) electrons. The van der Waals surface area contributed by atoms with Gasteiger partial charge in [-0.3, -0.25) is 0 Å². The molecule has 0 unspecified atom stereocenters. The van der Waals surface area contributed by atoms with Crippen LogP contribution in [0.25, 0.3) is 0 Å². The Labute approximate surface area is 109 Å². The summed E-state index contributed by atoms with van der Waals surface area (Å²) < 4.78 is 11.4. The van der Waals surface area contributed by atoms with Crippen LogP contribution in [-0.2, 0) is 9.31 Å². The number of hydrogen-bond acceptors (Lipinski definition) is 4. The molecule has 0 aliphatic carbocycles. The molecule has 0 aromatic carbocycles. The predicted octanol–water partition coefficient (Wildman–Crippen LogP) is 1.94. The van der Waals surface area contributed by atoms with E-state index in [1.807, 2.05) is 26.0 Å². The van der Waals surface area contributed by atoms with E-state index in [9.17, 15) is 0 Å². The van der Waals surface area contributed by atoms with Crippen molar-refractivity contribution in [2.75, 3.05) is 5.32 Å². The van der Waals surface area contributed by atoms with Gasteiger partial charge in [0.25, 0.3) is 0 Å². The van der Waals surface area contributed by atoms with Crippen molar-refractivity contribution in [3.8, 4) is 0 Å². The lowest BCUT2D eigenvalue weighted by atomic mass is 9.80. The van der Waals surface area contributed by atoms with Crippen LogP contribution in [0.15, 0.2) is 30.7 Å². The van der Waals surface area contributed by atoms with E-state index < -0.39 is 12.7 Å². The monoisotopic (exact) mass is 246 g/mol. The Balaban J connectivity index is 2.09. The zero-order valence-corrected chi connectivity index (χ0v) is 11.4. The highest BCUT2D eigenvalue weighted by molar-refractivity contribution is 6.62. The van der Waals surface area contributed by atoms with Gasteiger partial charge in [-0.05, 0) is 33.8 Å². The summed E-state index contributed by atoms with van der Waals surface area (Å²) in [4.78, 5) is 4.34. The first-order chi connectivity index (χ1) is 8.38. The Morgan fingerprint density at radius 1 is 1.39 bits per heavy atom. The van der Waals surface area contributed by atoms with Crippen LogP contribution >= 0.6 is 0 Å². The third-order valence-corrected chi connectivity index (χ3v) is 2.82. The van der Waals surface area contributed by atoms with Gasteiger partial charge in [-0.1, -0.05) is 12.6 Å². The first-order valence-electron chi connectivity index (χ1n) is 6.15. The van der Waals surface area contributed by atoms with Gasteiger partial charge in [0, 0.05) is 17.7 Å². The number of rotatable bonds is 3. The normalized spacial score (nSPS) is 18.1. The molecule has 5 heteroatoms. The van der Waals surface area contributed by atoms with Gasteiger partial charge in [0.2, 0.25) is 0 Å². The van der Waals surface area contributed by atoms with Crippen molar-refractivity contribution in [2.45, 2.75) is 39.3 Å². The summed E-state index contributed by atoms with van der Waals surface area (Å²) in [6.07, 6.45) is 1.77. The number of nitrogens with zero attached hydrogens (tertiary/aromatic N) is 1. The van der Waals surface area contributed by atoms with Crippen LogP contribution in [-0.4, -0.2) is 23.7 Å². The minimum absolute atomic E-state index is 0.362. The fourth-order valence-electron chi connectivity index (χ4n) is 1.69. The molecule has 2 heterocycles. The summed E-state index contributed by atoms with van der Waals surface area (Å²) in [6, 6.07) is 4.24. The number of aromatic nitrogens is 1. The molecule has 4 nitrogen and oxygen atoms in total. The molecule has 96 valence electrons. The molecule has 0 saturated carbocycles. The van der Waals surface area contributed by atoms with Gasteiger partial charge >= 0.3 is 7.12 Å². The lowest BCUT2D eigenvalue weighted by Crippen LogP contribution is -2.34. The summed E-state index contributed by atoms with van der Waals surface area (Å²) in [7, 11) is -0.409. The molecule has 1 aliphatic heterocycles. The van der Waals surface area contributed by atoms with Crippen LogP contribution in [0.5, 0.6) is 0 Å². The van der Waals surface area contributed by atoms with E-state index in [0.717, 1.165) is 11.3 Å². The van der Waals surface area contributed by atoms with Crippen molar-refractivity contribution in [1.82, 2.24) is 4.98 Å². The molecule has 1 N–H and O–H groups in total. The maximum absolute atomic E-state index is 5.79. The smallest absolute Gasteiger partial charge is 0.534 e. The third-order valence-electron chi connectivity index (χ3n) is 2.82. The zero-order chi connectivity index (χ0) is 13.3. The molecular weight excluding hydrogens is 227 g/mol. The Hall–Kier alpha value is -1.49. The lowest BCUT2D eigenvalue weighted by Gasteiger charge is -2.15. The molecule has 0 bridgehead atoms. The van der Waals surface area contributed by atoms with Gasteiger partial charge in [-0.2, -0.15) is 0 Å². The second-order valence-corrected chi connectivity index (χ2v) is 5.28. The first kappa shape index (κ1) is 13.0. The van der Waals surface area contributed by atoms with E-state index >= 15 is 0 Å². The molecule has 1 fully saturated rings. The highest BCUT2D eigenvalue weighted by atomic mass is 16.7. The van der Waals surface area contributed by atoms with Crippen molar-refractivity contribution in [3.63, 3.8) is 0 Å². The summed E-state index contributed by atoms with van der Waals surface area (Å²) in [5.74, 6) is 1.50. The summed E-state index contributed by atoms with van der Waals surface area (Å²) in [6.45, 7) is 11.9. The van der Waals surface area contributed by atoms with Gasteiger partial charge in [0.05, 0.1) is 5.76 Å². The Morgan fingerprint density at radius 2 is 2.11 bits per heavy atom. The second kappa shape index (κ2) is 4.65.